The molecule has 0 bridgehead atoms. The van der Waals surface area contributed by atoms with Gasteiger partial charge in [0.15, 0.2) is 0 Å². The lowest BCUT2D eigenvalue weighted by atomic mass is 10.1. The molecule has 18 heavy (non-hydrogen) atoms. The number of carbonyl (C=O) groups is 1. The monoisotopic (exact) mass is 250 g/mol. The average molecular weight is 250 g/mol. The number of pyridine rings is 1. The van der Waals surface area contributed by atoms with Gasteiger partial charge in [0.05, 0.1) is 5.69 Å². The number of carboxylic acid groups (broad SMARTS) is 1. The Labute approximate surface area is 109 Å². The molecule has 4 heteroatoms. The SMILES string of the molecule is CC(C)CN(Cc1cccc(C(=O)O)n1)C(C)C. The summed E-state index contributed by atoms with van der Waals surface area (Å²) in [5, 5.41) is 8.92. The molecule has 0 aliphatic carbocycles. The molecule has 100 valence electrons. The molecule has 1 aromatic rings. The van der Waals surface area contributed by atoms with Crippen LogP contribution in [-0.2, 0) is 6.54 Å². The van der Waals surface area contributed by atoms with Gasteiger partial charge in [-0.25, -0.2) is 9.78 Å². The van der Waals surface area contributed by atoms with E-state index >= 15 is 0 Å². The molecule has 0 spiro atoms. The summed E-state index contributed by atoms with van der Waals surface area (Å²) in [6, 6.07) is 5.57. The van der Waals surface area contributed by atoms with Gasteiger partial charge >= 0.3 is 5.97 Å². The maximum absolute atomic E-state index is 10.9. The highest BCUT2D eigenvalue weighted by molar-refractivity contribution is 5.85. The van der Waals surface area contributed by atoms with Crippen molar-refractivity contribution in [3.05, 3.63) is 29.6 Å². The van der Waals surface area contributed by atoms with Gasteiger partial charge in [0.1, 0.15) is 5.69 Å². The largest absolute Gasteiger partial charge is 0.477 e. The van der Waals surface area contributed by atoms with Gasteiger partial charge < -0.3 is 5.11 Å². The van der Waals surface area contributed by atoms with E-state index in [0.717, 1.165) is 12.2 Å². The standard InChI is InChI=1S/C14H22N2O2/c1-10(2)8-16(11(3)4)9-12-6-5-7-13(15-12)14(17)18/h5-7,10-11H,8-9H2,1-4H3,(H,17,18). The van der Waals surface area contributed by atoms with Gasteiger partial charge in [-0.2, -0.15) is 0 Å². The number of aromatic nitrogens is 1. The summed E-state index contributed by atoms with van der Waals surface area (Å²) in [7, 11) is 0. The number of carboxylic acids is 1. The number of rotatable bonds is 6. The van der Waals surface area contributed by atoms with Gasteiger partial charge in [-0.05, 0) is 31.9 Å². The fourth-order valence-corrected chi connectivity index (χ4v) is 1.82. The maximum atomic E-state index is 10.9. The van der Waals surface area contributed by atoms with Crippen molar-refractivity contribution in [2.24, 2.45) is 5.92 Å². The van der Waals surface area contributed by atoms with Crippen LogP contribution in [0.15, 0.2) is 18.2 Å². The number of aromatic carboxylic acids is 1. The first-order valence-electron chi connectivity index (χ1n) is 6.33. The van der Waals surface area contributed by atoms with Gasteiger partial charge in [0, 0.05) is 19.1 Å². The lowest BCUT2D eigenvalue weighted by Gasteiger charge is -2.27. The predicted molar refractivity (Wildman–Crippen MR) is 71.6 cm³/mol. The van der Waals surface area contributed by atoms with E-state index in [2.05, 4.69) is 37.6 Å². The van der Waals surface area contributed by atoms with Crippen molar-refractivity contribution in [2.75, 3.05) is 6.54 Å². The molecule has 0 radical (unpaired) electrons. The van der Waals surface area contributed by atoms with E-state index in [-0.39, 0.29) is 5.69 Å². The van der Waals surface area contributed by atoms with Gasteiger partial charge in [0.2, 0.25) is 0 Å². The van der Waals surface area contributed by atoms with Crippen LogP contribution in [0.3, 0.4) is 0 Å². The lowest BCUT2D eigenvalue weighted by Crippen LogP contribution is -2.34. The minimum Gasteiger partial charge on any atom is -0.477 e. The number of hydrogen-bond donors (Lipinski definition) is 1. The second-order valence-electron chi connectivity index (χ2n) is 5.24. The third-order valence-electron chi connectivity index (χ3n) is 2.72. The smallest absolute Gasteiger partial charge is 0.354 e. The van der Waals surface area contributed by atoms with Gasteiger partial charge in [-0.3, -0.25) is 4.90 Å². The number of nitrogens with zero attached hydrogens (tertiary/aromatic N) is 2. The normalized spacial score (nSPS) is 11.5. The predicted octanol–water partition coefficient (Wildman–Crippen LogP) is 2.65. The summed E-state index contributed by atoms with van der Waals surface area (Å²) in [5.74, 6) is -0.396. The molecule has 0 saturated heterocycles. The van der Waals surface area contributed by atoms with Crippen molar-refractivity contribution in [3.63, 3.8) is 0 Å². The molecule has 1 N–H and O–H groups in total. The average Bonchev–Trinajstić information content (AvgIpc) is 2.27. The Hall–Kier alpha value is -1.42. The van der Waals surface area contributed by atoms with Crippen molar-refractivity contribution in [2.45, 2.75) is 40.3 Å². The second-order valence-corrected chi connectivity index (χ2v) is 5.24. The van der Waals surface area contributed by atoms with E-state index in [9.17, 15) is 4.79 Å². The van der Waals surface area contributed by atoms with Gasteiger partial charge in [-0.1, -0.05) is 19.9 Å². The third kappa shape index (κ3) is 4.45. The Bertz CT molecular complexity index is 403. The summed E-state index contributed by atoms with van der Waals surface area (Å²) in [6.45, 7) is 10.3. The molecule has 0 fully saturated rings. The molecular formula is C14H22N2O2. The quantitative estimate of drug-likeness (QED) is 0.843. The molecule has 1 rings (SSSR count). The summed E-state index contributed by atoms with van der Waals surface area (Å²) < 4.78 is 0. The summed E-state index contributed by atoms with van der Waals surface area (Å²) >= 11 is 0. The van der Waals surface area contributed by atoms with Crippen LogP contribution >= 0.6 is 0 Å². The Balaban J connectivity index is 2.80. The molecule has 0 unspecified atom stereocenters. The fraction of sp³-hybridized carbons (Fsp3) is 0.571. The summed E-state index contributed by atoms with van der Waals surface area (Å²) in [5.41, 5.74) is 0.921. The minimum absolute atomic E-state index is 0.112. The van der Waals surface area contributed by atoms with Crippen molar-refractivity contribution >= 4 is 5.97 Å². The first-order chi connectivity index (χ1) is 8.40. The first kappa shape index (κ1) is 14.6. The van der Waals surface area contributed by atoms with Crippen molar-refractivity contribution < 1.29 is 9.90 Å². The molecular weight excluding hydrogens is 228 g/mol. The summed E-state index contributed by atoms with van der Waals surface area (Å²) in [6.07, 6.45) is 0. The Morgan fingerprint density at radius 2 is 2.00 bits per heavy atom. The van der Waals surface area contributed by atoms with Crippen LogP contribution < -0.4 is 0 Å². The fourth-order valence-electron chi connectivity index (χ4n) is 1.82. The first-order valence-corrected chi connectivity index (χ1v) is 6.33. The van der Waals surface area contributed by atoms with Gasteiger partial charge in [0.25, 0.3) is 0 Å². The third-order valence-corrected chi connectivity index (χ3v) is 2.72. The zero-order valence-electron chi connectivity index (χ0n) is 11.6. The Morgan fingerprint density at radius 3 is 2.50 bits per heavy atom. The molecule has 0 aliphatic rings. The zero-order chi connectivity index (χ0) is 13.7. The minimum atomic E-state index is -0.975. The van der Waals surface area contributed by atoms with E-state index in [1.165, 1.54) is 6.07 Å². The second kappa shape index (κ2) is 6.50. The number of hydrogen-bond acceptors (Lipinski definition) is 3. The molecule has 0 amide bonds. The van der Waals surface area contributed by atoms with Crippen LogP contribution in [0.4, 0.5) is 0 Å². The topological polar surface area (TPSA) is 53.4 Å². The zero-order valence-corrected chi connectivity index (χ0v) is 11.6. The van der Waals surface area contributed by atoms with E-state index < -0.39 is 5.97 Å². The molecule has 1 aromatic heterocycles. The van der Waals surface area contributed by atoms with Crippen LogP contribution in [0.1, 0.15) is 43.9 Å². The van der Waals surface area contributed by atoms with E-state index in [1.54, 1.807) is 6.07 Å². The van der Waals surface area contributed by atoms with Crippen molar-refractivity contribution in [3.8, 4) is 0 Å². The highest BCUT2D eigenvalue weighted by Crippen LogP contribution is 2.10. The molecule has 4 nitrogen and oxygen atoms in total. The van der Waals surface area contributed by atoms with Crippen LogP contribution in [0.25, 0.3) is 0 Å². The Kier molecular flexibility index (Phi) is 5.28. The highest BCUT2D eigenvalue weighted by atomic mass is 16.4. The van der Waals surface area contributed by atoms with E-state index in [0.29, 0.717) is 18.5 Å². The maximum Gasteiger partial charge on any atom is 0.354 e. The van der Waals surface area contributed by atoms with Gasteiger partial charge in [-0.15, -0.1) is 0 Å². The molecule has 0 atom stereocenters. The van der Waals surface area contributed by atoms with Crippen molar-refractivity contribution in [1.82, 2.24) is 9.88 Å². The molecule has 0 saturated carbocycles. The van der Waals surface area contributed by atoms with Crippen LogP contribution in [0.5, 0.6) is 0 Å². The van der Waals surface area contributed by atoms with E-state index in [4.69, 9.17) is 5.11 Å². The molecule has 1 heterocycles. The molecule has 0 aromatic carbocycles. The molecule has 0 aliphatic heterocycles. The summed E-state index contributed by atoms with van der Waals surface area (Å²) in [4.78, 5) is 17.3. The van der Waals surface area contributed by atoms with Crippen LogP contribution in [0, 0.1) is 5.92 Å². The lowest BCUT2D eigenvalue weighted by molar-refractivity contribution is 0.0689. The highest BCUT2D eigenvalue weighted by Gasteiger charge is 2.13. The Morgan fingerprint density at radius 1 is 1.33 bits per heavy atom. The van der Waals surface area contributed by atoms with E-state index in [1.807, 2.05) is 6.07 Å². The van der Waals surface area contributed by atoms with Crippen LogP contribution in [-0.4, -0.2) is 33.5 Å². The van der Waals surface area contributed by atoms with Crippen molar-refractivity contribution in [1.29, 1.82) is 0 Å². The van der Waals surface area contributed by atoms with Crippen LogP contribution in [0.2, 0.25) is 0 Å².